The molecule has 1 N–H and O–H groups in total. The van der Waals surface area contributed by atoms with Crippen molar-refractivity contribution in [3.05, 3.63) is 24.3 Å². The number of ether oxygens (including phenoxy) is 1. The first-order valence-corrected chi connectivity index (χ1v) is 11.4. The zero-order chi connectivity index (χ0) is 20.9. The highest BCUT2D eigenvalue weighted by atomic mass is 16.5. The van der Waals surface area contributed by atoms with Crippen molar-refractivity contribution < 1.29 is 9.53 Å². The molecule has 0 spiro atoms. The lowest BCUT2D eigenvalue weighted by atomic mass is 9.97. The van der Waals surface area contributed by atoms with Gasteiger partial charge in [0.2, 0.25) is 11.9 Å². The average molecular weight is 414 g/mol. The van der Waals surface area contributed by atoms with Crippen LogP contribution < -0.4 is 10.2 Å². The van der Waals surface area contributed by atoms with Crippen molar-refractivity contribution in [2.45, 2.75) is 33.2 Å². The third kappa shape index (κ3) is 4.95. The second-order valence-corrected chi connectivity index (χ2v) is 8.94. The number of carbonyl (C=O) groups excluding carboxylic acids is 1. The van der Waals surface area contributed by atoms with E-state index >= 15 is 0 Å². The van der Waals surface area contributed by atoms with E-state index in [0.717, 1.165) is 76.8 Å². The number of hydrogen-bond donors (Lipinski definition) is 1. The molecule has 164 valence electrons. The third-order valence-electron chi connectivity index (χ3n) is 6.09. The Hall–Kier alpha value is -2.12. The van der Waals surface area contributed by atoms with Gasteiger partial charge in [-0.15, -0.1) is 0 Å². The van der Waals surface area contributed by atoms with Crippen molar-refractivity contribution in [2.75, 3.05) is 57.4 Å². The number of amides is 1. The standard InChI is InChI=1S/C23H35N5O2/c1-18(2)16-28-21-8-4-3-7-20(21)25-23(28)27-10-5-6-19(17-27)22(29)24-9-11-26-12-14-30-15-13-26/h3-4,7-8,18-19H,5-6,9-17H2,1-2H3,(H,24,29). The zero-order valence-electron chi connectivity index (χ0n) is 18.3. The van der Waals surface area contributed by atoms with Gasteiger partial charge in [-0.25, -0.2) is 4.98 Å². The van der Waals surface area contributed by atoms with Crippen LogP contribution >= 0.6 is 0 Å². The maximum atomic E-state index is 12.8. The highest BCUT2D eigenvalue weighted by Crippen LogP contribution is 2.28. The maximum Gasteiger partial charge on any atom is 0.224 e. The Morgan fingerprint density at radius 3 is 2.83 bits per heavy atom. The molecule has 1 amide bonds. The summed E-state index contributed by atoms with van der Waals surface area (Å²) in [5.41, 5.74) is 2.21. The number of nitrogens with zero attached hydrogens (tertiary/aromatic N) is 4. The number of piperidine rings is 1. The van der Waals surface area contributed by atoms with Gasteiger partial charge in [0.15, 0.2) is 0 Å². The van der Waals surface area contributed by atoms with Crippen LogP contribution in [0.5, 0.6) is 0 Å². The average Bonchev–Trinajstić information content (AvgIpc) is 3.12. The van der Waals surface area contributed by atoms with Crippen LogP contribution in [-0.2, 0) is 16.1 Å². The number of hydrogen-bond acceptors (Lipinski definition) is 5. The second kappa shape index (κ2) is 9.79. The molecule has 1 unspecified atom stereocenters. The van der Waals surface area contributed by atoms with Gasteiger partial charge in [0.05, 0.1) is 30.2 Å². The van der Waals surface area contributed by atoms with E-state index in [1.165, 1.54) is 5.52 Å². The summed E-state index contributed by atoms with van der Waals surface area (Å²) in [7, 11) is 0. The van der Waals surface area contributed by atoms with E-state index in [4.69, 9.17) is 9.72 Å². The minimum absolute atomic E-state index is 0.0238. The van der Waals surface area contributed by atoms with Gasteiger partial charge in [-0.05, 0) is 30.9 Å². The van der Waals surface area contributed by atoms with Gasteiger partial charge in [0.25, 0.3) is 0 Å². The molecular formula is C23H35N5O2. The first-order valence-electron chi connectivity index (χ1n) is 11.4. The van der Waals surface area contributed by atoms with E-state index in [-0.39, 0.29) is 11.8 Å². The molecule has 7 heteroatoms. The Balaban J connectivity index is 1.40. The molecule has 1 aromatic carbocycles. The summed E-state index contributed by atoms with van der Waals surface area (Å²) >= 11 is 0. The molecule has 4 rings (SSSR count). The van der Waals surface area contributed by atoms with Crippen molar-refractivity contribution in [1.82, 2.24) is 19.8 Å². The number of benzene rings is 1. The predicted molar refractivity (Wildman–Crippen MR) is 120 cm³/mol. The summed E-state index contributed by atoms with van der Waals surface area (Å²) < 4.78 is 7.72. The highest BCUT2D eigenvalue weighted by molar-refractivity contribution is 5.81. The molecule has 2 fully saturated rings. The lowest BCUT2D eigenvalue weighted by Gasteiger charge is -2.33. The Bertz CT molecular complexity index is 843. The molecule has 0 saturated carbocycles. The third-order valence-corrected chi connectivity index (χ3v) is 6.09. The number of nitrogens with one attached hydrogen (secondary N) is 1. The van der Waals surface area contributed by atoms with Crippen LogP contribution in [0.15, 0.2) is 24.3 Å². The summed E-state index contributed by atoms with van der Waals surface area (Å²) in [4.78, 5) is 22.5. The Kier molecular flexibility index (Phi) is 6.89. The molecule has 7 nitrogen and oxygen atoms in total. The quantitative estimate of drug-likeness (QED) is 0.755. The second-order valence-electron chi connectivity index (χ2n) is 8.94. The number of fused-ring (bicyclic) bond motifs is 1. The van der Waals surface area contributed by atoms with E-state index < -0.39 is 0 Å². The van der Waals surface area contributed by atoms with Crippen molar-refractivity contribution in [2.24, 2.45) is 11.8 Å². The maximum absolute atomic E-state index is 12.8. The minimum Gasteiger partial charge on any atom is -0.379 e. The fraction of sp³-hybridized carbons (Fsp3) is 0.652. The van der Waals surface area contributed by atoms with E-state index in [1.54, 1.807) is 0 Å². The predicted octanol–water partition coefficient (Wildman–Crippen LogP) is 2.36. The SMILES string of the molecule is CC(C)Cn1c(N2CCCC(C(=O)NCCN3CCOCC3)C2)nc2ccccc21. The van der Waals surface area contributed by atoms with Crippen LogP contribution in [-0.4, -0.2) is 72.8 Å². The highest BCUT2D eigenvalue weighted by Gasteiger charge is 2.28. The molecule has 3 heterocycles. The lowest BCUT2D eigenvalue weighted by molar-refractivity contribution is -0.125. The van der Waals surface area contributed by atoms with Crippen LogP contribution in [0.25, 0.3) is 11.0 Å². The fourth-order valence-electron chi connectivity index (χ4n) is 4.53. The summed E-state index contributed by atoms with van der Waals surface area (Å²) in [6.45, 7) is 12.2. The molecule has 0 radical (unpaired) electrons. The van der Waals surface area contributed by atoms with Crippen molar-refractivity contribution >= 4 is 22.9 Å². The molecule has 2 aliphatic heterocycles. The van der Waals surface area contributed by atoms with Crippen molar-refractivity contribution in [3.8, 4) is 0 Å². The summed E-state index contributed by atoms with van der Waals surface area (Å²) in [6.07, 6.45) is 1.97. The van der Waals surface area contributed by atoms with Gasteiger partial charge in [0.1, 0.15) is 0 Å². The molecule has 1 atom stereocenters. The molecule has 30 heavy (non-hydrogen) atoms. The van der Waals surface area contributed by atoms with E-state index in [0.29, 0.717) is 12.5 Å². The van der Waals surface area contributed by atoms with Crippen LogP contribution in [0.1, 0.15) is 26.7 Å². The number of rotatable bonds is 7. The first kappa shape index (κ1) is 21.1. The zero-order valence-corrected chi connectivity index (χ0v) is 18.3. The number of anilines is 1. The molecule has 1 aromatic heterocycles. The summed E-state index contributed by atoms with van der Waals surface area (Å²) in [5, 5.41) is 3.17. The molecule has 2 aromatic rings. The van der Waals surface area contributed by atoms with Crippen LogP contribution in [0, 0.1) is 11.8 Å². The Labute approximate surface area is 179 Å². The normalized spacial score (nSPS) is 20.8. The molecule has 0 bridgehead atoms. The van der Waals surface area contributed by atoms with Crippen LogP contribution in [0.4, 0.5) is 5.95 Å². The van der Waals surface area contributed by atoms with Gasteiger partial charge < -0.3 is 19.5 Å². The molecular weight excluding hydrogens is 378 g/mol. The number of imidazole rings is 1. The molecule has 0 aliphatic carbocycles. The van der Waals surface area contributed by atoms with Gasteiger partial charge in [-0.3, -0.25) is 9.69 Å². The number of carbonyl (C=O) groups is 1. The van der Waals surface area contributed by atoms with E-state index in [9.17, 15) is 4.79 Å². The Morgan fingerprint density at radius 1 is 1.23 bits per heavy atom. The van der Waals surface area contributed by atoms with Crippen molar-refractivity contribution in [3.63, 3.8) is 0 Å². The van der Waals surface area contributed by atoms with E-state index in [2.05, 4.69) is 51.7 Å². The monoisotopic (exact) mass is 413 g/mol. The van der Waals surface area contributed by atoms with Gasteiger partial charge >= 0.3 is 0 Å². The first-order chi connectivity index (χ1) is 14.6. The van der Waals surface area contributed by atoms with E-state index in [1.807, 2.05) is 6.07 Å². The molecule has 2 aliphatic rings. The molecule has 2 saturated heterocycles. The van der Waals surface area contributed by atoms with Crippen LogP contribution in [0.3, 0.4) is 0 Å². The smallest absolute Gasteiger partial charge is 0.224 e. The number of morpholine rings is 1. The summed E-state index contributed by atoms with van der Waals surface area (Å²) in [6, 6.07) is 8.34. The largest absolute Gasteiger partial charge is 0.379 e. The Morgan fingerprint density at radius 2 is 2.03 bits per heavy atom. The van der Waals surface area contributed by atoms with Crippen molar-refractivity contribution in [1.29, 1.82) is 0 Å². The lowest BCUT2D eigenvalue weighted by Crippen LogP contribution is -2.46. The number of aromatic nitrogens is 2. The van der Waals surface area contributed by atoms with Gasteiger partial charge in [0, 0.05) is 45.8 Å². The topological polar surface area (TPSA) is 62.6 Å². The number of para-hydroxylation sites is 2. The fourth-order valence-corrected chi connectivity index (χ4v) is 4.53. The van der Waals surface area contributed by atoms with Gasteiger partial charge in [-0.2, -0.15) is 0 Å². The summed E-state index contributed by atoms with van der Waals surface area (Å²) in [5.74, 6) is 1.75. The minimum atomic E-state index is 0.0238. The van der Waals surface area contributed by atoms with Gasteiger partial charge in [-0.1, -0.05) is 26.0 Å². The van der Waals surface area contributed by atoms with Crippen LogP contribution in [0.2, 0.25) is 0 Å².